The highest BCUT2D eigenvalue weighted by atomic mass is 32.1. The first-order valence-electron chi connectivity index (χ1n) is 13.7. The summed E-state index contributed by atoms with van der Waals surface area (Å²) in [7, 11) is 1.56. The van der Waals surface area contributed by atoms with Gasteiger partial charge in [-0.2, -0.15) is 40.5 Å². The maximum atomic E-state index is 13.7. The quantitative estimate of drug-likeness (QED) is 0.467. The minimum Gasteiger partial charge on any atom is -0.377 e. The van der Waals surface area contributed by atoms with Gasteiger partial charge in [0, 0.05) is 12.7 Å². The van der Waals surface area contributed by atoms with Crippen molar-refractivity contribution in [3.8, 4) is 0 Å². The first kappa shape index (κ1) is 39.8. The van der Waals surface area contributed by atoms with Gasteiger partial charge in [-0.1, -0.05) is 47.3 Å². The van der Waals surface area contributed by atoms with Crippen molar-refractivity contribution in [3.63, 3.8) is 0 Å². The molecule has 1 N–H and O–H groups in total. The molecule has 0 bridgehead atoms. The predicted octanol–water partition coefficient (Wildman–Crippen LogP) is 3.98. The van der Waals surface area contributed by atoms with Gasteiger partial charge >= 0.3 is 0 Å². The highest BCUT2D eigenvalue weighted by Gasteiger charge is 2.53. The second kappa shape index (κ2) is 17.2. The molecule has 0 aliphatic carbocycles. The van der Waals surface area contributed by atoms with Crippen molar-refractivity contribution in [2.45, 2.75) is 91.0 Å². The van der Waals surface area contributed by atoms with Crippen molar-refractivity contribution < 1.29 is 23.9 Å². The topological polar surface area (TPSA) is 88.2 Å². The van der Waals surface area contributed by atoms with E-state index in [1.807, 2.05) is 32.9 Å². The number of carbonyl (C=O) groups excluding carboxylic acids is 3. The fraction of sp³-hybridized carbons (Fsp3) is 0.700. The summed E-state index contributed by atoms with van der Waals surface area (Å²) in [5.41, 5.74) is 1.59. The smallest absolute Gasteiger partial charge is 0.251 e. The Balaban J connectivity index is 0.00000400. The van der Waals surface area contributed by atoms with Gasteiger partial charge in [0.1, 0.15) is 30.9 Å². The Labute approximate surface area is 268 Å². The summed E-state index contributed by atoms with van der Waals surface area (Å²) in [6, 6.07) is 6.43. The number of hydrogen-bond donors (Lipinski definition) is 1. The standard InChI is InChI=1S/C29H43N3O5.CH4.3H2S/c1-6-13-31-14-11-20(12-15-31)19-7-9-21(10-8-19)27(34)30-22(16-29(2,3)4)28(35)32-17-24(36-5)26-25(32)23(33)18-37-26;;;;/h7-10,20,22,24-26H,6,11-18H2,1-5H3,(H,30,34);1H4;3*1H2/t22-,24+,25+,26+;;;;/m0..../s1. The molecule has 0 aromatic heterocycles. The molecule has 4 rings (SSSR count). The fourth-order valence-electron chi connectivity index (χ4n) is 6.01. The van der Waals surface area contributed by atoms with Crippen LogP contribution in [0.1, 0.15) is 82.6 Å². The summed E-state index contributed by atoms with van der Waals surface area (Å²) >= 11 is 0. The zero-order valence-corrected chi connectivity index (χ0v) is 27.5. The van der Waals surface area contributed by atoms with Gasteiger partial charge in [-0.15, -0.1) is 0 Å². The number of benzene rings is 1. The maximum absolute atomic E-state index is 13.7. The van der Waals surface area contributed by atoms with Gasteiger partial charge < -0.3 is 24.6 Å². The molecule has 3 aliphatic rings. The lowest BCUT2D eigenvalue weighted by atomic mass is 9.87. The number of methoxy groups -OCH3 is 1. The van der Waals surface area contributed by atoms with E-state index >= 15 is 0 Å². The van der Waals surface area contributed by atoms with Crippen molar-refractivity contribution in [1.29, 1.82) is 0 Å². The highest BCUT2D eigenvalue weighted by molar-refractivity contribution is 7.59. The summed E-state index contributed by atoms with van der Waals surface area (Å²) in [4.78, 5) is 43.6. The molecule has 41 heavy (non-hydrogen) atoms. The molecule has 2 amide bonds. The molecule has 3 heterocycles. The third kappa shape index (κ3) is 9.63. The van der Waals surface area contributed by atoms with E-state index in [2.05, 4.69) is 29.3 Å². The first-order valence-corrected chi connectivity index (χ1v) is 13.7. The number of nitrogens with one attached hydrogen (secondary N) is 1. The first-order chi connectivity index (χ1) is 17.6. The third-order valence-corrected chi connectivity index (χ3v) is 7.92. The molecule has 8 nitrogen and oxygen atoms in total. The Bertz CT molecular complexity index is 981. The van der Waals surface area contributed by atoms with E-state index in [9.17, 15) is 14.4 Å². The third-order valence-electron chi connectivity index (χ3n) is 7.92. The van der Waals surface area contributed by atoms with Crippen molar-refractivity contribution >= 4 is 58.1 Å². The van der Waals surface area contributed by atoms with Gasteiger partial charge in [-0.25, -0.2) is 0 Å². The van der Waals surface area contributed by atoms with Crippen LogP contribution >= 0.6 is 40.5 Å². The minimum atomic E-state index is -0.750. The van der Waals surface area contributed by atoms with E-state index in [1.165, 1.54) is 12.0 Å². The second-order valence-corrected chi connectivity index (χ2v) is 12.0. The number of amides is 2. The van der Waals surface area contributed by atoms with Crippen LogP contribution in [0.4, 0.5) is 0 Å². The van der Waals surface area contributed by atoms with Crippen molar-refractivity contribution in [1.82, 2.24) is 15.1 Å². The molecule has 0 spiro atoms. The zero-order chi connectivity index (χ0) is 26.7. The van der Waals surface area contributed by atoms with Crippen molar-refractivity contribution in [2.75, 3.05) is 39.9 Å². The van der Waals surface area contributed by atoms with E-state index in [4.69, 9.17) is 9.47 Å². The lowest BCUT2D eigenvalue weighted by Gasteiger charge is -2.32. The number of piperidine rings is 1. The van der Waals surface area contributed by atoms with Gasteiger partial charge in [0.2, 0.25) is 5.91 Å². The molecule has 3 fully saturated rings. The van der Waals surface area contributed by atoms with Gasteiger partial charge in [-0.3, -0.25) is 14.4 Å². The molecule has 1 aromatic carbocycles. The monoisotopic (exact) mass is 631 g/mol. The summed E-state index contributed by atoms with van der Waals surface area (Å²) in [6.07, 6.45) is 3.10. The van der Waals surface area contributed by atoms with Crippen LogP contribution in [-0.2, 0) is 19.1 Å². The Morgan fingerprint density at radius 2 is 1.71 bits per heavy atom. The number of ketones is 1. The molecular formula is C30H53N3O5S3. The summed E-state index contributed by atoms with van der Waals surface area (Å²) in [6.45, 7) is 12.0. The lowest BCUT2D eigenvalue weighted by molar-refractivity contribution is -0.138. The molecule has 0 unspecified atom stereocenters. The van der Waals surface area contributed by atoms with Gasteiger partial charge in [0.25, 0.3) is 5.91 Å². The van der Waals surface area contributed by atoms with Crippen LogP contribution in [0.25, 0.3) is 0 Å². The van der Waals surface area contributed by atoms with Gasteiger partial charge in [0.05, 0.1) is 6.54 Å². The predicted molar refractivity (Wildman–Crippen MR) is 179 cm³/mol. The van der Waals surface area contributed by atoms with Gasteiger partial charge in [0.15, 0.2) is 5.78 Å². The Morgan fingerprint density at radius 1 is 1.10 bits per heavy atom. The number of likely N-dealkylation sites (tertiary alicyclic amines) is 2. The normalized spacial score (nSPS) is 23.3. The van der Waals surface area contributed by atoms with Crippen molar-refractivity contribution in [2.24, 2.45) is 5.41 Å². The van der Waals surface area contributed by atoms with Crippen LogP contribution in [0, 0.1) is 5.41 Å². The molecule has 11 heteroatoms. The molecular weight excluding hydrogens is 579 g/mol. The average Bonchev–Trinajstić information content (AvgIpc) is 3.43. The highest BCUT2D eigenvalue weighted by Crippen LogP contribution is 2.32. The number of Topliss-reactive ketones (excluding diaryl/α,β-unsaturated/α-hetero) is 1. The lowest BCUT2D eigenvalue weighted by Crippen LogP contribution is -2.53. The molecule has 236 valence electrons. The number of carbonyl (C=O) groups is 3. The molecule has 3 saturated heterocycles. The Kier molecular flexibility index (Phi) is 16.6. The number of nitrogens with zero attached hydrogens (tertiary/aromatic N) is 2. The van der Waals surface area contributed by atoms with E-state index in [1.54, 1.807) is 12.0 Å². The maximum Gasteiger partial charge on any atom is 0.251 e. The van der Waals surface area contributed by atoms with Crippen LogP contribution in [0.3, 0.4) is 0 Å². The van der Waals surface area contributed by atoms with Crippen LogP contribution in [0.15, 0.2) is 24.3 Å². The van der Waals surface area contributed by atoms with E-state index < -0.39 is 18.2 Å². The van der Waals surface area contributed by atoms with E-state index in [0.29, 0.717) is 17.9 Å². The number of rotatable bonds is 8. The minimum absolute atomic E-state index is 0. The molecule has 0 saturated carbocycles. The Hall–Kier alpha value is -1.24. The van der Waals surface area contributed by atoms with E-state index in [-0.39, 0.29) is 90.2 Å². The summed E-state index contributed by atoms with van der Waals surface area (Å²) in [5.74, 6) is -0.134. The van der Waals surface area contributed by atoms with E-state index in [0.717, 1.165) is 32.5 Å². The molecule has 3 aliphatic heterocycles. The van der Waals surface area contributed by atoms with Crippen LogP contribution in [0.5, 0.6) is 0 Å². The SMILES string of the molecule is C.CCCN1CCC(c2ccc(C(=O)N[C@@H](CC(C)(C)C)C(=O)N3C[C@@H](OC)[C@H]4OCC(=O)[C@H]43)cc2)CC1.S.S.S. The second-order valence-electron chi connectivity index (χ2n) is 12.0. The molecule has 1 aromatic rings. The Morgan fingerprint density at radius 3 is 2.24 bits per heavy atom. The fourth-order valence-corrected chi connectivity index (χ4v) is 6.01. The zero-order valence-electron chi connectivity index (χ0n) is 24.5. The van der Waals surface area contributed by atoms with Gasteiger partial charge in [-0.05, 0) is 74.3 Å². The van der Waals surface area contributed by atoms with Crippen molar-refractivity contribution in [3.05, 3.63) is 35.4 Å². The molecule has 4 atom stereocenters. The largest absolute Gasteiger partial charge is 0.377 e. The number of fused-ring (bicyclic) bond motifs is 1. The number of hydrogen-bond acceptors (Lipinski definition) is 6. The molecule has 0 radical (unpaired) electrons. The number of ether oxygens (including phenoxy) is 2. The average molecular weight is 632 g/mol. The van der Waals surface area contributed by atoms with Crippen LogP contribution in [0.2, 0.25) is 0 Å². The summed E-state index contributed by atoms with van der Waals surface area (Å²) in [5, 5.41) is 2.98. The summed E-state index contributed by atoms with van der Waals surface area (Å²) < 4.78 is 11.1. The van der Waals surface area contributed by atoms with Crippen LogP contribution < -0.4 is 5.32 Å². The van der Waals surface area contributed by atoms with Crippen LogP contribution in [-0.4, -0.2) is 91.6 Å².